The number of carbonyl (C=O) groups excluding carboxylic acids is 3. The number of nitrogens with one attached hydrogen (secondary N) is 1. The Balaban J connectivity index is 1.57. The lowest BCUT2D eigenvalue weighted by atomic mass is 9.92. The molecule has 2 aliphatic rings. The second-order valence-electron chi connectivity index (χ2n) is 9.21. The van der Waals surface area contributed by atoms with Crippen molar-refractivity contribution in [3.8, 4) is 6.07 Å². The van der Waals surface area contributed by atoms with Gasteiger partial charge in [-0.3, -0.25) is 14.5 Å². The van der Waals surface area contributed by atoms with Crippen LogP contribution in [0.1, 0.15) is 47.4 Å². The molecule has 1 aromatic heterocycles. The minimum Gasteiger partial charge on any atom is -0.424 e. The number of amides is 3. The summed E-state index contributed by atoms with van der Waals surface area (Å²) in [5.41, 5.74) is 0.273. The Labute approximate surface area is 225 Å². The van der Waals surface area contributed by atoms with Crippen molar-refractivity contribution in [2.75, 3.05) is 11.4 Å². The molecule has 204 valence electrons. The first kappa shape index (κ1) is 26.6. The van der Waals surface area contributed by atoms with E-state index in [0.717, 1.165) is 21.9 Å². The van der Waals surface area contributed by atoms with E-state index in [1.807, 2.05) is 6.07 Å². The number of halogens is 3. The van der Waals surface area contributed by atoms with Crippen LogP contribution in [0.5, 0.6) is 0 Å². The Bertz CT molecular complexity index is 1570. The second-order valence-corrected chi connectivity index (χ2v) is 9.21. The molecule has 2 heterocycles. The van der Waals surface area contributed by atoms with Crippen LogP contribution in [-0.4, -0.2) is 39.4 Å². The fourth-order valence-corrected chi connectivity index (χ4v) is 4.84. The average Bonchev–Trinajstić information content (AvgIpc) is 3.52. The summed E-state index contributed by atoms with van der Waals surface area (Å²) < 4.78 is 45.8. The molecule has 0 radical (unpaired) electrons. The van der Waals surface area contributed by atoms with E-state index >= 15 is 0 Å². The molecule has 0 fully saturated rings. The predicted molar refractivity (Wildman–Crippen MR) is 132 cm³/mol. The van der Waals surface area contributed by atoms with Gasteiger partial charge >= 0.3 is 12.2 Å². The van der Waals surface area contributed by atoms with Crippen LogP contribution >= 0.6 is 0 Å². The van der Waals surface area contributed by atoms with Crippen molar-refractivity contribution in [2.45, 2.75) is 38.5 Å². The quantitative estimate of drug-likeness (QED) is 0.487. The fraction of sp³-hybridized carbons (Fsp3) is 0.259. The van der Waals surface area contributed by atoms with Gasteiger partial charge in [-0.1, -0.05) is 18.2 Å². The number of benzene rings is 2. The number of carbonyl (C=O) groups is 3. The summed E-state index contributed by atoms with van der Waals surface area (Å²) >= 11 is 0. The van der Waals surface area contributed by atoms with Gasteiger partial charge in [0.15, 0.2) is 5.78 Å². The van der Waals surface area contributed by atoms with Crippen LogP contribution in [0.2, 0.25) is 0 Å². The molecule has 10 nitrogen and oxygen atoms in total. The number of aromatic nitrogens is 2. The minimum atomic E-state index is -4.66. The molecule has 0 saturated heterocycles. The van der Waals surface area contributed by atoms with Crippen molar-refractivity contribution < 1.29 is 32.0 Å². The number of hydrogen-bond donors (Lipinski definition) is 1. The lowest BCUT2D eigenvalue weighted by Gasteiger charge is -2.42. The van der Waals surface area contributed by atoms with Crippen LogP contribution < -0.4 is 10.2 Å². The number of aryl methyl sites for hydroxylation is 1. The van der Waals surface area contributed by atoms with Crippen molar-refractivity contribution in [2.24, 2.45) is 0 Å². The Hall–Kier alpha value is -4.99. The van der Waals surface area contributed by atoms with E-state index in [9.17, 15) is 32.8 Å². The van der Waals surface area contributed by atoms with Crippen molar-refractivity contribution in [3.63, 3.8) is 0 Å². The lowest BCUT2D eigenvalue weighted by Crippen LogP contribution is -2.53. The molecule has 0 spiro atoms. The number of nitriles is 1. The van der Waals surface area contributed by atoms with E-state index in [1.54, 1.807) is 19.1 Å². The maximum absolute atomic E-state index is 14.0. The highest BCUT2D eigenvalue weighted by atomic mass is 19.4. The van der Waals surface area contributed by atoms with Crippen LogP contribution in [0.4, 0.5) is 23.7 Å². The zero-order valence-electron chi connectivity index (χ0n) is 21.0. The van der Waals surface area contributed by atoms with Gasteiger partial charge in [-0.15, -0.1) is 10.2 Å². The maximum Gasteiger partial charge on any atom is 0.416 e. The summed E-state index contributed by atoms with van der Waals surface area (Å²) in [6.45, 7) is 0.933. The van der Waals surface area contributed by atoms with E-state index in [4.69, 9.17) is 4.42 Å². The van der Waals surface area contributed by atoms with E-state index in [-0.39, 0.29) is 48.0 Å². The molecule has 1 aliphatic carbocycles. The molecular weight excluding hydrogens is 529 g/mol. The molecule has 1 unspecified atom stereocenters. The number of nitrogens with zero attached hydrogens (tertiary/aromatic N) is 5. The summed E-state index contributed by atoms with van der Waals surface area (Å²) in [6, 6.07) is 10.7. The SMILES string of the molecule is Cc1nnc(CNC(=O)CN2C(=O)N(c3cccc(C(F)(F)F)c3)C3=C(C(=O)CC3)C2c2ccc(C#N)cc2)o1. The van der Waals surface area contributed by atoms with Gasteiger partial charge in [0.05, 0.1) is 35.5 Å². The fourth-order valence-electron chi connectivity index (χ4n) is 4.84. The van der Waals surface area contributed by atoms with Gasteiger partial charge in [0.1, 0.15) is 6.54 Å². The molecule has 2 aromatic carbocycles. The Morgan fingerprint density at radius 2 is 1.90 bits per heavy atom. The van der Waals surface area contributed by atoms with Gasteiger partial charge in [-0.25, -0.2) is 4.79 Å². The Morgan fingerprint density at radius 1 is 1.15 bits per heavy atom. The third kappa shape index (κ3) is 5.03. The van der Waals surface area contributed by atoms with Crippen molar-refractivity contribution in [3.05, 3.63) is 88.3 Å². The highest BCUT2D eigenvalue weighted by Crippen LogP contribution is 2.45. The minimum absolute atomic E-state index is 0.0523. The molecule has 1 N–H and O–H groups in total. The first-order valence-electron chi connectivity index (χ1n) is 12.2. The van der Waals surface area contributed by atoms with E-state index < -0.39 is 36.3 Å². The molecule has 1 atom stereocenters. The third-order valence-electron chi connectivity index (χ3n) is 6.60. The van der Waals surface area contributed by atoms with Crippen LogP contribution in [0.3, 0.4) is 0 Å². The van der Waals surface area contributed by atoms with Gasteiger partial charge < -0.3 is 14.6 Å². The van der Waals surface area contributed by atoms with Crippen LogP contribution in [-0.2, 0) is 22.3 Å². The summed E-state index contributed by atoms with van der Waals surface area (Å²) in [5.74, 6) is -0.477. The molecule has 5 rings (SSSR count). The van der Waals surface area contributed by atoms with Gasteiger partial charge in [-0.2, -0.15) is 18.4 Å². The van der Waals surface area contributed by atoms with Crippen molar-refractivity contribution >= 4 is 23.4 Å². The topological polar surface area (TPSA) is 132 Å². The van der Waals surface area contributed by atoms with Crippen molar-refractivity contribution in [1.29, 1.82) is 5.26 Å². The number of ketones is 1. The molecule has 13 heteroatoms. The highest BCUT2D eigenvalue weighted by molar-refractivity contribution is 6.08. The maximum atomic E-state index is 14.0. The number of anilines is 1. The number of Topliss-reactive ketones (excluding diaryl/α,β-unsaturated/α-hetero) is 1. The zero-order chi connectivity index (χ0) is 28.6. The zero-order valence-corrected chi connectivity index (χ0v) is 21.0. The van der Waals surface area contributed by atoms with E-state index in [0.29, 0.717) is 17.0 Å². The summed E-state index contributed by atoms with van der Waals surface area (Å²) in [6.07, 6.45) is -4.47. The van der Waals surface area contributed by atoms with E-state index in [2.05, 4.69) is 15.5 Å². The molecule has 3 amide bonds. The summed E-state index contributed by atoms with van der Waals surface area (Å²) in [4.78, 5) is 42.4. The second kappa shape index (κ2) is 10.3. The molecule has 3 aromatic rings. The molecular formula is C27H21F3N6O4. The Kier molecular flexibility index (Phi) is 6.85. The van der Waals surface area contributed by atoms with Crippen molar-refractivity contribution in [1.82, 2.24) is 20.4 Å². The predicted octanol–water partition coefficient (Wildman–Crippen LogP) is 4.19. The van der Waals surface area contributed by atoms with Gasteiger partial charge in [-0.05, 0) is 42.3 Å². The summed E-state index contributed by atoms with van der Waals surface area (Å²) in [7, 11) is 0. The molecule has 0 saturated carbocycles. The Morgan fingerprint density at radius 3 is 2.55 bits per heavy atom. The van der Waals surface area contributed by atoms with Crippen LogP contribution in [0.15, 0.2) is 64.2 Å². The highest BCUT2D eigenvalue weighted by Gasteiger charge is 2.46. The third-order valence-corrected chi connectivity index (χ3v) is 6.60. The molecule has 40 heavy (non-hydrogen) atoms. The number of allylic oxidation sites excluding steroid dienone is 1. The lowest BCUT2D eigenvalue weighted by molar-refractivity contribution is -0.137. The van der Waals surface area contributed by atoms with E-state index in [1.165, 1.54) is 24.3 Å². The average molecular weight is 550 g/mol. The first-order chi connectivity index (χ1) is 19.1. The standard InChI is InChI=1S/C27H21F3N6O4/c1-15-33-34-23(40-15)13-32-22(38)14-35-25(17-7-5-16(12-31)6-8-17)24-20(9-10-21(24)37)36(26(35)39)19-4-2-3-18(11-19)27(28,29)30/h2-8,11,25H,9-10,13-14H2,1H3,(H,32,38). The number of alkyl halides is 3. The molecule has 0 bridgehead atoms. The normalized spacial score (nSPS) is 17.2. The molecule has 1 aliphatic heterocycles. The number of hydrogen-bond acceptors (Lipinski definition) is 7. The summed E-state index contributed by atoms with van der Waals surface area (Å²) in [5, 5.41) is 19.3. The number of rotatable bonds is 6. The first-order valence-corrected chi connectivity index (χ1v) is 12.2. The van der Waals surface area contributed by atoms with Gasteiger partial charge in [0.25, 0.3) is 0 Å². The van der Waals surface area contributed by atoms with Crippen LogP contribution in [0, 0.1) is 18.3 Å². The largest absolute Gasteiger partial charge is 0.424 e. The van der Waals surface area contributed by atoms with Gasteiger partial charge in [0.2, 0.25) is 17.7 Å². The van der Waals surface area contributed by atoms with Crippen LogP contribution in [0.25, 0.3) is 0 Å². The monoisotopic (exact) mass is 550 g/mol. The van der Waals surface area contributed by atoms with Gasteiger partial charge in [0, 0.05) is 24.6 Å². The number of urea groups is 1. The smallest absolute Gasteiger partial charge is 0.416 e.